The zero-order valence-electron chi connectivity index (χ0n) is 11.2. The van der Waals surface area contributed by atoms with Crippen LogP contribution in [0.1, 0.15) is 10.4 Å². The molecular weight excluding hydrogens is 258 g/mol. The maximum atomic E-state index is 12.3. The topological polar surface area (TPSA) is 70.0 Å². The normalized spacial score (nSPS) is 10.1. The van der Waals surface area contributed by atoms with Crippen molar-refractivity contribution in [3.05, 3.63) is 48.0 Å². The van der Waals surface area contributed by atoms with Crippen LogP contribution in [0.4, 0.5) is 5.69 Å². The lowest BCUT2D eigenvalue weighted by Crippen LogP contribution is -2.26. The number of benzene rings is 2. The molecule has 104 valence electrons. The first-order valence-corrected chi connectivity index (χ1v) is 5.97. The number of methoxy groups -OCH3 is 1. The van der Waals surface area contributed by atoms with Gasteiger partial charge >= 0.3 is 0 Å². The molecule has 0 saturated carbocycles. The van der Waals surface area contributed by atoms with Crippen LogP contribution in [0.2, 0.25) is 0 Å². The van der Waals surface area contributed by atoms with Gasteiger partial charge in [-0.15, -0.1) is 0 Å². The van der Waals surface area contributed by atoms with Gasteiger partial charge in [-0.1, -0.05) is 0 Å². The second-order valence-corrected chi connectivity index (χ2v) is 4.27. The number of ether oxygens (including phenoxy) is 1. The van der Waals surface area contributed by atoms with Gasteiger partial charge in [0, 0.05) is 18.3 Å². The first-order chi connectivity index (χ1) is 9.52. The minimum atomic E-state index is -0.270. The molecule has 0 aliphatic heterocycles. The Kier molecular flexibility index (Phi) is 3.79. The summed E-state index contributed by atoms with van der Waals surface area (Å²) in [6.45, 7) is 0. The van der Waals surface area contributed by atoms with E-state index in [-0.39, 0.29) is 17.4 Å². The summed E-state index contributed by atoms with van der Waals surface area (Å²) in [5.74, 6) is 0.0941. The van der Waals surface area contributed by atoms with Gasteiger partial charge in [-0.25, -0.2) is 0 Å². The van der Waals surface area contributed by atoms with Crippen molar-refractivity contribution in [1.82, 2.24) is 0 Å². The molecule has 0 aliphatic carbocycles. The van der Waals surface area contributed by atoms with E-state index in [1.807, 2.05) is 0 Å². The van der Waals surface area contributed by atoms with E-state index in [9.17, 15) is 15.0 Å². The Bertz CT molecular complexity index is 622. The number of carbonyl (C=O) groups is 1. The zero-order chi connectivity index (χ0) is 14.7. The Morgan fingerprint density at radius 1 is 1.10 bits per heavy atom. The Hall–Kier alpha value is -2.69. The van der Waals surface area contributed by atoms with Crippen molar-refractivity contribution in [1.29, 1.82) is 0 Å². The van der Waals surface area contributed by atoms with Gasteiger partial charge in [0.2, 0.25) is 0 Å². The van der Waals surface area contributed by atoms with Gasteiger partial charge in [-0.3, -0.25) is 4.79 Å². The molecule has 20 heavy (non-hydrogen) atoms. The van der Waals surface area contributed by atoms with Gasteiger partial charge in [0.1, 0.15) is 5.75 Å². The summed E-state index contributed by atoms with van der Waals surface area (Å²) in [7, 11) is 3.06. The van der Waals surface area contributed by atoms with Crippen molar-refractivity contribution in [3.8, 4) is 17.2 Å². The molecule has 0 fully saturated rings. The lowest BCUT2D eigenvalue weighted by Gasteiger charge is -2.17. The molecule has 0 bridgehead atoms. The predicted molar refractivity (Wildman–Crippen MR) is 75.5 cm³/mol. The molecule has 0 saturated heterocycles. The number of anilines is 1. The molecular formula is C15H15NO4. The Morgan fingerprint density at radius 2 is 1.75 bits per heavy atom. The Balaban J connectivity index is 2.26. The summed E-state index contributed by atoms with van der Waals surface area (Å²) in [4.78, 5) is 13.7. The molecule has 2 aromatic carbocycles. The van der Waals surface area contributed by atoms with E-state index >= 15 is 0 Å². The second-order valence-electron chi connectivity index (χ2n) is 4.27. The predicted octanol–water partition coefficient (Wildman–Crippen LogP) is 2.38. The first-order valence-electron chi connectivity index (χ1n) is 5.97. The Morgan fingerprint density at radius 3 is 2.30 bits per heavy atom. The highest BCUT2D eigenvalue weighted by Crippen LogP contribution is 2.27. The molecule has 0 heterocycles. The number of aromatic hydroxyl groups is 2. The van der Waals surface area contributed by atoms with Gasteiger partial charge in [-0.2, -0.15) is 0 Å². The Labute approximate surface area is 116 Å². The van der Waals surface area contributed by atoms with Crippen LogP contribution in [-0.2, 0) is 0 Å². The summed E-state index contributed by atoms with van der Waals surface area (Å²) in [5, 5.41) is 18.9. The number of hydrogen-bond acceptors (Lipinski definition) is 4. The van der Waals surface area contributed by atoms with Crippen LogP contribution in [0.15, 0.2) is 42.5 Å². The third-order valence-electron chi connectivity index (χ3n) is 2.97. The van der Waals surface area contributed by atoms with Gasteiger partial charge in [0.15, 0.2) is 11.5 Å². The number of hydrogen-bond donors (Lipinski definition) is 2. The van der Waals surface area contributed by atoms with E-state index in [0.29, 0.717) is 17.0 Å². The lowest BCUT2D eigenvalue weighted by molar-refractivity contribution is 0.0992. The molecule has 0 aliphatic rings. The number of phenolic OH excluding ortho intramolecular Hbond substituents is 2. The summed E-state index contributed by atoms with van der Waals surface area (Å²) < 4.78 is 4.94. The largest absolute Gasteiger partial charge is 0.508 e. The average Bonchev–Trinajstić information content (AvgIpc) is 2.46. The molecule has 0 aromatic heterocycles. The van der Waals surface area contributed by atoms with Gasteiger partial charge in [-0.05, 0) is 42.5 Å². The lowest BCUT2D eigenvalue weighted by atomic mass is 10.1. The number of rotatable bonds is 3. The molecule has 0 unspecified atom stereocenters. The van der Waals surface area contributed by atoms with E-state index in [1.54, 1.807) is 25.2 Å². The summed E-state index contributed by atoms with van der Waals surface area (Å²) in [5.41, 5.74) is 0.988. The van der Waals surface area contributed by atoms with E-state index in [4.69, 9.17) is 4.74 Å². The summed E-state index contributed by atoms with van der Waals surface area (Å²) >= 11 is 0. The van der Waals surface area contributed by atoms with Crippen molar-refractivity contribution in [3.63, 3.8) is 0 Å². The fraction of sp³-hybridized carbons (Fsp3) is 0.133. The molecule has 0 atom stereocenters. The van der Waals surface area contributed by atoms with E-state index in [0.717, 1.165) is 0 Å². The van der Waals surface area contributed by atoms with Crippen molar-refractivity contribution in [2.45, 2.75) is 0 Å². The van der Waals surface area contributed by atoms with Crippen LogP contribution in [0.5, 0.6) is 17.2 Å². The SMILES string of the molecule is COc1ccc(C(=O)N(C)c2ccc(O)cc2)cc1O. The highest BCUT2D eigenvalue weighted by molar-refractivity contribution is 6.06. The van der Waals surface area contributed by atoms with Crippen LogP contribution in [-0.4, -0.2) is 30.3 Å². The molecule has 5 heteroatoms. The minimum Gasteiger partial charge on any atom is -0.508 e. The maximum Gasteiger partial charge on any atom is 0.258 e. The van der Waals surface area contributed by atoms with E-state index in [1.165, 1.54) is 36.3 Å². The molecule has 0 radical (unpaired) electrons. The van der Waals surface area contributed by atoms with Crippen LogP contribution in [0.3, 0.4) is 0 Å². The molecule has 2 rings (SSSR count). The fourth-order valence-corrected chi connectivity index (χ4v) is 1.81. The van der Waals surface area contributed by atoms with Crippen LogP contribution in [0.25, 0.3) is 0 Å². The number of amides is 1. The first kappa shape index (κ1) is 13.7. The third-order valence-corrected chi connectivity index (χ3v) is 2.97. The van der Waals surface area contributed by atoms with Crippen molar-refractivity contribution in [2.24, 2.45) is 0 Å². The van der Waals surface area contributed by atoms with Crippen LogP contribution < -0.4 is 9.64 Å². The summed E-state index contributed by atoms with van der Waals surface area (Å²) in [6.07, 6.45) is 0. The standard InChI is InChI=1S/C15H15NO4/c1-16(11-4-6-12(17)7-5-11)15(19)10-3-8-14(20-2)13(18)9-10/h3-9,17-18H,1-2H3. The van der Waals surface area contributed by atoms with Crippen molar-refractivity contribution < 1.29 is 19.7 Å². The second kappa shape index (κ2) is 5.52. The highest BCUT2D eigenvalue weighted by atomic mass is 16.5. The molecule has 1 amide bonds. The third kappa shape index (κ3) is 2.66. The van der Waals surface area contributed by atoms with Crippen LogP contribution in [0, 0.1) is 0 Å². The monoisotopic (exact) mass is 273 g/mol. The number of nitrogens with zero attached hydrogens (tertiary/aromatic N) is 1. The average molecular weight is 273 g/mol. The van der Waals surface area contributed by atoms with Crippen molar-refractivity contribution in [2.75, 3.05) is 19.1 Å². The van der Waals surface area contributed by atoms with Gasteiger partial charge < -0.3 is 19.8 Å². The summed E-state index contributed by atoms with van der Waals surface area (Å²) in [6, 6.07) is 10.8. The quantitative estimate of drug-likeness (QED) is 0.900. The smallest absolute Gasteiger partial charge is 0.258 e. The van der Waals surface area contributed by atoms with Gasteiger partial charge in [0.25, 0.3) is 5.91 Å². The zero-order valence-corrected chi connectivity index (χ0v) is 11.2. The van der Waals surface area contributed by atoms with E-state index < -0.39 is 0 Å². The maximum absolute atomic E-state index is 12.3. The van der Waals surface area contributed by atoms with E-state index in [2.05, 4.69) is 0 Å². The number of phenols is 2. The fourth-order valence-electron chi connectivity index (χ4n) is 1.81. The number of carbonyl (C=O) groups excluding carboxylic acids is 1. The van der Waals surface area contributed by atoms with Gasteiger partial charge in [0.05, 0.1) is 7.11 Å². The minimum absolute atomic E-state index is 0.0857. The molecule has 2 N–H and O–H groups in total. The molecule has 0 spiro atoms. The molecule has 2 aromatic rings. The highest BCUT2D eigenvalue weighted by Gasteiger charge is 2.15. The van der Waals surface area contributed by atoms with Crippen molar-refractivity contribution >= 4 is 11.6 Å². The molecule has 5 nitrogen and oxygen atoms in total. The van der Waals surface area contributed by atoms with Crippen LogP contribution >= 0.6 is 0 Å².